The molecule has 13 heteroatoms. The molecule has 1 aliphatic rings. The largest absolute Gasteiger partial charge is 0.481 e. The highest BCUT2D eigenvalue weighted by atomic mass is 19.4. The minimum absolute atomic E-state index is 0.0810. The summed E-state index contributed by atoms with van der Waals surface area (Å²) in [5.41, 5.74) is 0.945. The first-order chi connectivity index (χ1) is 20.5. The van der Waals surface area contributed by atoms with Gasteiger partial charge in [-0.25, -0.2) is 4.39 Å². The number of fused-ring (bicyclic) bond motifs is 1. The van der Waals surface area contributed by atoms with Gasteiger partial charge in [-0.1, -0.05) is 24.3 Å². The molecule has 0 unspecified atom stereocenters. The molecule has 0 atom stereocenters. The molecule has 4 aromatic rings. The van der Waals surface area contributed by atoms with E-state index in [4.69, 9.17) is 5.11 Å². The number of nitrogens with zero attached hydrogens (tertiary/aromatic N) is 3. The summed E-state index contributed by atoms with van der Waals surface area (Å²) in [6.45, 7) is 0.0280. The third-order valence-electron chi connectivity index (χ3n) is 7.04. The zero-order valence-electron chi connectivity index (χ0n) is 22.7. The van der Waals surface area contributed by atoms with Crippen LogP contribution in [0.25, 0.3) is 10.9 Å². The van der Waals surface area contributed by atoms with Gasteiger partial charge in [0.2, 0.25) is 0 Å². The maximum atomic E-state index is 14.6. The van der Waals surface area contributed by atoms with E-state index in [-0.39, 0.29) is 45.5 Å². The lowest BCUT2D eigenvalue weighted by molar-refractivity contribution is -0.142. The van der Waals surface area contributed by atoms with Crippen molar-refractivity contribution in [3.8, 4) is 0 Å². The fraction of sp³-hybridized carbons (Fsp3) is 0.267. The molecule has 224 valence electrons. The molecule has 9 nitrogen and oxygen atoms in total. The second-order valence-corrected chi connectivity index (χ2v) is 10.2. The lowest BCUT2D eigenvalue weighted by Gasteiger charge is -2.30. The van der Waals surface area contributed by atoms with E-state index < -0.39 is 36.3 Å². The van der Waals surface area contributed by atoms with E-state index in [9.17, 15) is 31.9 Å². The van der Waals surface area contributed by atoms with E-state index >= 15 is 0 Å². The molecule has 2 heterocycles. The lowest BCUT2D eigenvalue weighted by atomic mass is 10.1. The van der Waals surface area contributed by atoms with E-state index in [0.29, 0.717) is 18.8 Å². The van der Waals surface area contributed by atoms with Crippen molar-refractivity contribution in [2.75, 3.05) is 28.6 Å². The van der Waals surface area contributed by atoms with Gasteiger partial charge in [0.25, 0.3) is 11.8 Å². The number of carboxylic acid groups (broad SMARTS) is 1. The zero-order valence-corrected chi connectivity index (χ0v) is 22.7. The molecule has 0 saturated carbocycles. The van der Waals surface area contributed by atoms with Crippen molar-refractivity contribution in [1.29, 1.82) is 0 Å². The number of nitrogens with one attached hydrogen (secondary N) is 2. The van der Waals surface area contributed by atoms with Gasteiger partial charge in [0.05, 0.1) is 29.0 Å². The van der Waals surface area contributed by atoms with Gasteiger partial charge in [-0.2, -0.15) is 18.3 Å². The van der Waals surface area contributed by atoms with Crippen molar-refractivity contribution in [2.24, 2.45) is 0 Å². The van der Waals surface area contributed by atoms with Crippen LogP contribution in [0.2, 0.25) is 0 Å². The molecule has 3 N–H and O–H groups in total. The summed E-state index contributed by atoms with van der Waals surface area (Å²) in [5, 5.41) is 18.3. The molecule has 5 rings (SSSR count). The van der Waals surface area contributed by atoms with Crippen LogP contribution in [0.5, 0.6) is 0 Å². The summed E-state index contributed by atoms with van der Waals surface area (Å²) in [6, 6.07) is 14.4. The van der Waals surface area contributed by atoms with Crippen molar-refractivity contribution < 1.29 is 37.1 Å². The normalized spacial score (nSPS) is 13.6. The van der Waals surface area contributed by atoms with Crippen molar-refractivity contribution in [2.45, 2.75) is 38.4 Å². The minimum Gasteiger partial charge on any atom is -0.481 e. The molecule has 0 bridgehead atoms. The van der Waals surface area contributed by atoms with Gasteiger partial charge < -0.3 is 20.6 Å². The van der Waals surface area contributed by atoms with Gasteiger partial charge in [0.15, 0.2) is 5.69 Å². The highest BCUT2D eigenvalue weighted by Gasteiger charge is 2.31. The Balaban J connectivity index is 1.45. The number of piperidine rings is 1. The second-order valence-electron chi connectivity index (χ2n) is 10.2. The van der Waals surface area contributed by atoms with Gasteiger partial charge in [0.1, 0.15) is 12.4 Å². The Labute approximate surface area is 243 Å². The quantitative estimate of drug-likeness (QED) is 0.219. The monoisotopic (exact) mass is 597 g/mol. The third kappa shape index (κ3) is 6.93. The van der Waals surface area contributed by atoms with Crippen molar-refractivity contribution >= 4 is 45.7 Å². The number of hydrogen-bond donors (Lipinski definition) is 3. The molecule has 43 heavy (non-hydrogen) atoms. The number of amides is 2. The van der Waals surface area contributed by atoms with Crippen LogP contribution in [-0.4, -0.2) is 51.9 Å². The van der Waals surface area contributed by atoms with Crippen LogP contribution in [0.1, 0.15) is 45.7 Å². The fourth-order valence-electron chi connectivity index (χ4n) is 5.09. The first-order valence-corrected chi connectivity index (χ1v) is 13.5. The van der Waals surface area contributed by atoms with Gasteiger partial charge in [-0.05, 0) is 61.2 Å². The fourth-order valence-corrected chi connectivity index (χ4v) is 5.09. The number of para-hydroxylation sites is 1. The molecular formula is C30H27F4N5O4. The van der Waals surface area contributed by atoms with E-state index in [2.05, 4.69) is 15.7 Å². The number of alkyl halides is 3. The van der Waals surface area contributed by atoms with Crippen LogP contribution >= 0.6 is 0 Å². The Kier molecular flexibility index (Phi) is 8.33. The molecule has 2 amide bonds. The topological polar surface area (TPSA) is 117 Å². The van der Waals surface area contributed by atoms with Crippen LogP contribution in [0.3, 0.4) is 0 Å². The van der Waals surface area contributed by atoms with Gasteiger partial charge in [-0.15, -0.1) is 0 Å². The Morgan fingerprint density at radius 1 is 0.884 bits per heavy atom. The molecule has 1 saturated heterocycles. The molecule has 1 fully saturated rings. The summed E-state index contributed by atoms with van der Waals surface area (Å²) in [6.07, 6.45) is -2.06. The average molecular weight is 598 g/mol. The predicted molar refractivity (Wildman–Crippen MR) is 152 cm³/mol. The lowest BCUT2D eigenvalue weighted by Crippen LogP contribution is -2.30. The van der Waals surface area contributed by atoms with Crippen LogP contribution < -0.4 is 15.5 Å². The summed E-state index contributed by atoms with van der Waals surface area (Å²) >= 11 is 0. The average Bonchev–Trinajstić information content (AvgIpc) is 3.31. The Morgan fingerprint density at radius 3 is 2.30 bits per heavy atom. The van der Waals surface area contributed by atoms with Crippen LogP contribution in [-0.2, 0) is 17.8 Å². The second kappa shape index (κ2) is 12.1. The smallest absolute Gasteiger partial charge is 0.408 e. The van der Waals surface area contributed by atoms with E-state index in [1.807, 2.05) is 4.90 Å². The minimum atomic E-state index is -4.55. The molecule has 0 radical (unpaired) electrons. The number of halogens is 4. The Morgan fingerprint density at radius 2 is 1.60 bits per heavy atom. The van der Waals surface area contributed by atoms with Crippen LogP contribution in [0, 0.1) is 5.82 Å². The highest BCUT2D eigenvalue weighted by Crippen LogP contribution is 2.32. The summed E-state index contributed by atoms with van der Waals surface area (Å²) in [5.74, 6) is -3.38. The van der Waals surface area contributed by atoms with Crippen LogP contribution in [0.15, 0.2) is 60.7 Å². The number of carbonyl (C=O) groups excluding carboxylic acids is 2. The zero-order chi connectivity index (χ0) is 30.7. The van der Waals surface area contributed by atoms with Gasteiger partial charge in [-0.3, -0.25) is 19.1 Å². The molecule has 0 aliphatic carbocycles. The standard InChI is InChI=1S/C30H27F4N5O4/c31-21-14-18(15-26(40)41)8-10-22(21)35-28(42)19-9-11-25(38-12-4-1-5-13-38)23(16-19)36-29(43)27-20-6-2-3-7-24(20)39(37-27)17-30(32,33)34/h2-3,6-11,14,16H,1,4-5,12-13,15,17H2,(H,35,42)(H,36,43)(H,40,41). The van der Waals surface area contributed by atoms with Gasteiger partial charge >= 0.3 is 12.1 Å². The first-order valence-electron chi connectivity index (χ1n) is 13.5. The number of aromatic nitrogens is 2. The van der Waals surface area contributed by atoms with Crippen molar-refractivity contribution in [1.82, 2.24) is 9.78 Å². The Bertz CT molecular complexity index is 1700. The number of carbonyl (C=O) groups is 3. The van der Waals surface area contributed by atoms with Gasteiger partial charge in [0, 0.05) is 24.0 Å². The Hall–Kier alpha value is -4.94. The van der Waals surface area contributed by atoms with Crippen LogP contribution in [0.4, 0.5) is 34.6 Å². The number of anilines is 3. The number of rotatable bonds is 8. The predicted octanol–water partition coefficient (Wildman–Crippen LogP) is 5.86. The SMILES string of the molecule is O=C(O)Cc1ccc(NC(=O)c2ccc(N3CCCCC3)c(NC(=O)c3nn(CC(F)(F)F)c4ccccc34)c2)c(F)c1. The summed E-state index contributed by atoms with van der Waals surface area (Å²) in [7, 11) is 0. The number of carboxylic acids is 1. The van der Waals surface area contributed by atoms with E-state index in [1.54, 1.807) is 18.2 Å². The van der Waals surface area contributed by atoms with E-state index in [0.717, 1.165) is 30.0 Å². The maximum absolute atomic E-state index is 14.6. The summed E-state index contributed by atoms with van der Waals surface area (Å²) < 4.78 is 55.0. The molecule has 1 aromatic heterocycles. The maximum Gasteiger partial charge on any atom is 0.408 e. The van der Waals surface area contributed by atoms with E-state index in [1.165, 1.54) is 36.4 Å². The first kappa shape index (κ1) is 29.5. The molecule has 1 aliphatic heterocycles. The number of benzene rings is 3. The molecular weight excluding hydrogens is 570 g/mol. The third-order valence-corrected chi connectivity index (χ3v) is 7.04. The number of aliphatic carboxylic acids is 1. The number of hydrogen-bond acceptors (Lipinski definition) is 5. The molecule has 0 spiro atoms. The summed E-state index contributed by atoms with van der Waals surface area (Å²) in [4.78, 5) is 39.6. The highest BCUT2D eigenvalue weighted by molar-refractivity contribution is 6.13. The van der Waals surface area contributed by atoms with Crippen molar-refractivity contribution in [3.63, 3.8) is 0 Å². The molecule has 3 aromatic carbocycles. The van der Waals surface area contributed by atoms with Crippen molar-refractivity contribution in [3.05, 3.63) is 83.3 Å².